The zero-order valence-corrected chi connectivity index (χ0v) is 9.95. The SMILES string of the molecule is NCCCC1CCCN1CC(=O)NC1CC1. The van der Waals surface area contributed by atoms with Crippen molar-refractivity contribution in [1.82, 2.24) is 10.2 Å². The summed E-state index contributed by atoms with van der Waals surface area (Å²) in [6.07, 6.45) is 7.02. The number of hydrogen-bond acceptors (Lipinski definition) is 3. The quantitative estimate of drug-likeness (QED) is 0.691. The first kappa shape index (κ1) is 11.9. The summed E-state index contributed by atoms with van der Waals surface area (Å²) < 4.78 is 0. The van der Waals surface area contributed by atoms with Crippen molar-refractivity contribution < 1.29 is 4.79 Å². The summed E-state index contributed by atoms with van der Waals surface area (Å²) in [6.45, 7) is 2.43. The molecule has 0 aromatic heterocycles. The number of rotatable bonds is 6. The lowest BCUT2D eigenvalue weighted by molar-refractivity contribution is -0.122. The highest BCUT2D eigenvalue weighted by molar-refractivity contribution is 5.78. The highest BCUT2D eigenvalue weighted by Crippen LogP contribution is 2.22. The van der Waals surface area contributed by atoms with Crippen LogP contribution in [-0.4, -0.2) is 42.5 Å². The molecule has 0 radical (unpaired) electrons. The molecule has 1 saturated carbocycles. The Hall–Kier alpha value is -0.610. The summed E-state index contributed by atoms with van der Waals surface area (Å²) in [4.78, 5) is 14.0. The van der Waals surface area contributed by atoms with Crippen LogP contribution >= 0.6 is 0 Å². The Kier molecular flexibility index (Phi) is 4.18. The molecule has 1 amide bonds. The van der Waals surface area contributed by atoms with Crippen LogP contribution in [0.15, 0.2) is 0 Å². The molecule has 2 aliphatic rings. The Labute approximate surface area is 97.6 Å². The van der Waals surface area contributed by atoms with Crippen LogP contribution in [0.25, 0.3) is 0 Å². The van der Waals surface area contributed by atoms with Gasteiger partial charge in [-0.2, -0.15) is 0 Å². The second kappa shape index (κ2) is 5.64. The molecule has 0 spiro atoms. The van der Waals surface area contributed by atoms with Crippen molar-refractivity contribution in [2.24, 2.45) is 5.73 Å². The van der Waals surface area contributed by atoms with Gasteiger partial charge in [-0.3, -0.25) is 9.69 Å². The molecule has 1 heterocycles. The van der Waals surface area contributed by atoms with E-state index < -0.39 is 0 Å². The Balaban J connectivity index is 1.71. The summed E-state index contributed by atoms with van der Waals surface area (Å²) in [7, 11) is 0. The van der Waals surface area contributed by atoms with Crippen molar-refractivity contribution in [3.05, 3.63) is 0 Å². The van der Waals surface area contributed by atoms with E-state index in [2.05, 4.69) is 10.2 Å². The number of carbonyl (C=O) groups is 1. The Morgan fingerprint density at radius 2 is 2.19 bits per heavy atom. The standard InChI is InChI=1S/C12H23N3O/c13-7-1-3-11-4-2-8-15(11)9-12(16)14-10-5-6-10/h10-11H,1-9,13H2,(H,14,16). The average Bonchev–Trinajstić information content (AvgIpc) is 2.95. The van der Waals surface area contributed by atoms with Gasteiger partial charge in [0.05, 0.1) is 6.54 Å². The highest BCUT2D eigenvalue weighted by atomic mass is 16.2. The highest BCUT2D eigenvalue weighted by Gasteiger charge is 2.28. The Morgan fingerprint density at radius 1 is 1.38 bits per heavy atom. The topological polar surface area (TPSA) is 58.4 Å². The monoisotopic (exact) mass is 225 g/mol. The van der Waals surface area contributed by atoms with E-state index in [-0.39, 0.29) is 5.91 Å². The van der Waals surface area contributed by atoms with E-state index >= 15 is 0 Å². The van der Waals surface area contributed by atoms with Crippen molar-refractivity contribution in [2.45, 2.75) is 50.6 Å². The Bertz CT molecular complexity index is 240. The Morgan fingerprint density at radius 3 is 2.88 bits per heavy atom. The second-order valence-electron chi connectivity index (χ2n) is 5.04. The van der Waals surface area contributed by atoms with Gasteiger partial charge in [0.1, 0.15) is 0 Å². The van der Waals surface area contributed by atoms with E-state index in [0.29, 0.717) is 18.6 Å². The molecule has 4 heteroatoms. The average molecular weight is 225 g/mol. The summed E-state index contributed by atoms with van der Waals surface area (Å²) in [6, 6.07) is 1.08. The maximum absolute atomic E-state index is 11.7. The predicted octanol–water partition coefficient (Wildman–Crippen LogP) is 0.468. The van der Waals surface area contributed by atoms with Gasteiger partial charge in [-0.15, -0.1) is 0 Å². The third kappa shape index (κ3) is 3.46. The second-order valence-corrected chi connectivity index (χ2v) is 5.04. The summed E-state index contributed by atoms with van der Waals surface area (Å²) in [5.74, 6) is 0.210. The van der Waals surface area contributed by atoms with Crippen molar-refractivity contribution in [3.63, 3.8) is 0 Å². The van der Waals surface area contributed by atoms with Gasteiger partial charge in [0.2, 0.25) is 5.91 Å². The number of carbonyl (C=O) groups excluding carboxylic acids is 1. The molecule has 92 valence electrons. The van der Waals surface area contributed by atoms with Gasteiger partial charge in [-0.05, 0) is 51.6 Å². The number of nitrogens with two attached hydrogens (primary N) is 1. The van der Waals surface area contributed by atoms with E-state index in [4.69, 9.17) is 5.73 Å². The molecule has 16 heavy (non-hydrogen) atoms. The molecule has 0 aromatic carbocycles. The van der Waals surface area contributed by atoms with E-state index in [0.717, 1.165) is 25.9 Å². The molecule has 1 aliphatic heterocycles. The molecule has 3 N–H and O–H groups in total. The number of amides is 1. The maximum Gasteiger partial charge on any atom is 0.234 e. The molecule has 2 rings (SSSR count). The molecule has 1 atom stereocenters. The number of nitrogens with zero attached hydrogens (tertiary/aromatic N) is 1. The first-order chi connectivity index (χ1) is 7.79. The van der Waals surface area contributed by atoms with Crippen LogP contribution in [0.4, 0.5) is 0 Å². The van der Waals surface area contributed by atoms with Crippen LogP contribution < -0.4 is 11.1 Å². The van der Waals surface area contributed by atoms with Crippen LogP contribution in [0.3, 0.4) is 0 Å². The minimum atomic E-state index is 0.210. The first-order valence-electron chi connectivity index (χ1n) is 6.53. The van der Waals surface area contributed by atoms with Crippen molar-refractivity contribution in [1.29, 1.82) is 0 Å². The maximum atomic E-state index is 11.7. The van der Waals surface area contributed by atoms with E-state index in [9.17, 15) is 4.79 Å². The molecule has 0 aromatic rings. The molecular formula is C12H23N3O. The summed E-state index contributed by atoms with van der Waals surface area (Å²) in [5, 5.41) is 3.05. The van der Waals surface area contributed by atoms with Gasteiger partial charge >= 0.3 is 0 Å². The number of nitrogens with one attached hydrogen (secondary N) is 1. The molecule has 2 fully saturated rings. The van der Waals surface area contributed by atoms with Gasteiger partial charge in [0.25, 0.3) is 0 Å². The van der Waals surface area contributed by atoms with Crippen LogP contribution in [0.1, 0.15) is 38.5 Å². The molecule has 4 nitrogen and oxygen atoms in total. The number of likely N-dealkylation sites (tertiary alicyclic amines) is 1. The fourth-order valence-corrected chi connectivity index (χ4v) is 2.47. The molecular weight excluding hydrogens is 202 g/mol. The van der Waals surface area contributed by atoms with Gasteiger partial charge < -0.3 is 11.1 Å². The van der Waals surface area contributed by atoms with Crippen LogP contribution in [0, 0.1) is 0 Å². The van der Waals surface area contributed by atoms with E-state index in [1.807, 2.05) is 0 Å². The molecule has 1 aliphatic carbocycles. The van der Waals surface area contributed by atoms with Crippen LogP contribution in [-0.2, 0) is 4.79 Å². The smallest absolute Gasteiger partial charge is 0.234 e. The van der Waals surface area contributed by atoms with Crippen molar-refractivity contribution in [2.75, 3.05) is 19.6 Å². The minimum Gasteiger partial charge on any atom is -0.352 e. The van der Waals surface area contributed by atoms with E-state index in [1.165, 1.54) is 25.7 Å². The fourth-order valence-electron chi connectivity index (χ4n) is 2.47. The van der Waals surface area contributed by atoms with Gasteiger partial charge in [0.15, 0.2) is 0 Å². The zero-order chi connectivity index (χ0) is 11.4. The third-order valence-electron chi connectivity index (χ3n) is 3.53. The van der Waals surface area contributed by atoms with Crippen molar-refractivity contribution in [3.8, 4) is 0 Å². The lowest BCUT2D eigenvalue weighted by Crippen LogP contribution is -2.40. The van der Waals surface area contributed by atoms with Gasteiger partial charge in [-0.25, -0.2) is 0 Å². The summed E-state index contributed by atoms with van der Waals surface area (Å²) in [5.41, 5.74) is 5.53. The molecule has 0 bridgehead atoms. The largest absolute Gasteiger partial charge is 0.352 e. The zero-order valence-electron chi connectivity index (χ0n) is 9.95. The number of hydrogen-bond donors (Lipinski definition) is 2. The fraction of sp³-hybridized carbons (Fsp3) is 0.917. The normalized spacial score (nSPS) is 25.9. The predicted molar refractivity (Wildman–Crippen MR) is 64.0 cm³/mol. The first-order valence-corrected chi connectivity index (χ1v) is 6.53. The van der Waals surface area contributed by atoms with Crippen LogP contribution in [0.2, 0.25) is 0 Å². The van der Waals surface area contributed by atoms with Gasteiger partial charge in [-0.1, -0.05) is 0 Å². The minimum absolute atomic E-state index is 0.210. The van der Waals surface area contributed by atoms with Gasteiger partial charge in [0, 0.05) is 12.1 Å². The lowest BCUT2D eigenvalue weighted by atomic mass is 10.1. The lowest BCUT2D eigenvalue weighted by Gasteiger charge is -2.23. The molecule has 1 unspecified atom stereocenters. The molecule has 1 saturated heterocycles. The van der Waals surface area contributed by atoms with Crippen LogP contribution in [0.5, 0.6) is 0 Å². The summed E-state index contributed by atoms with van der Waals surface area (Å²) >= 11 is 0. The third-order valence-corrected chi connectivity index (χ3v) is 3.53. The van der Waals surface area contributed by atoms with Crippen molar-refractivity contribution >= 4 is 5.91 Å². The van der Waals surface area contributed by atoms with E-state index in [1.54, 1.807) is 0 Å².